The van der Waals surface area contributed by atoms with Crippen molar-refractivity contribution in [1.82, 2.24) is 9.80 Å². The summed E-state index contributed by atoms with van der Waals surface area (Å²) in [4.78, 5) is 26.7. The Hall–Kier alpha value is -2.15. The second-order valence-electron chi connectivity index (χ2n) is 5.75. The molecule has 0 bridgehead atoms. The molecule has 2 atom stereocenters. The molecule has 0 spiro atoms. The first kappa shape index (κ1) is 15.2. The number of nitro groups is 1. The van der Waals surface area contributed by atoms with Crippen LogP contribution in [0.4, 0.5) is 11.4 Å². The minimum atomic E-state index is -0.522. The lowest BCUT2D eigenvalue weighted by Crippen LogP contribution is -2.36. The second-order valence-corrected chi connectivity index (χ2v) is 5.75. The predicted molar refractivity (Wildman–Crippen MR) is 80.1 cm³/mol. The van der Waals surface area contributed by atoms with Crippen molar-refractivity contribution in [1.29, 1.82) is 0 Å². The van der Waals surface area contributed by atoms with Gasteiger partial charge in [-0.05, 0) is 26.1 Å². The van der Waals surface area contributed by atoms with Gasteiger partial charge in [-0.3, -0.25) is 14.9 Å². The number of nitrogens with zero attached hydrogens (tertiary/aromatic N) is 3. The van der Waals surface area contributed by atoms with Crippen LogP contribution in [-0.2, 0) is 0 Å². The van der Waals surface area contributed by atoms with Crippen LogP contribution in [0.25, 0.3) is 0 Å². The Labute approximate surface area is 123 Å². The molecule has 1 aliphatic rings. The molecule has 0 saturated carbocycles. The number of nitrogens with two attached hydrogens (primary N) is 1. The highest BCUT2D eigenvalue weighted by Gasteiger charge is 2.34. The first-order valence-electron chi connectivity index (χ1n) is 6.81. The van der Waals surface area contributed by atoms with Gasteiger partial charge in [-0.1, -0.05) is 6.92 Å². The molecule has 1 aromatic rings. The summed E-state index contributed by atoms with van der Waals surface area (Å²) in [6.45, 7) is 3.33. The highest BCUT2D eigenvalue weighted by atomic mass is 16.6. The van der Waals surface area contributed by atoms with E-state index in [1.807, 2.05) is 14.1 Å². The van der Waals surface area contributed by atoms with Gasteiger partial charge in [0, 0.05) is 37.0 Å². The topological polar surface area (TPSA) is 92.7 Å². The maximum Gasteiger partial charge on any atom is 0.270 e. The molecule has 0 aromatic heterocycles. The Morgan fingerprint density at radius 2 is 2.10 bits per heavy atom. The van der Waals surface area contributed by atoms with Gasteiger partial charge in [0.05, 0.1) is 10.5 Å². The Balaban J connectivity index is 2.25. The van der Waals surface area contributed by atoms with E-state index in [1.54, 1.807) is 4.90 Å². The summed E-state index contributed by atoms with van der Waals surface area (Å²) in [6.07, 6.45) is 0. The number of hydrogen-bond donors (Lipinski definition) is 1. The van der Waals surface area contributed by atoms with Crippen molar-refractivity contribution >= 4 is 17.3 Å². The third-order valence-corrected chi connectivity index (χ3v) is 4.00. The second kappa shape index (κ2) is 5.69. The molecule has 1 heterocycles. The Morgan fingerprint density at radius 1 is 1.43 bits per heavy atom. The van der Waals surface area contributed by atoms with E-state index >= 15 is 0 Å². The Kier molecular flexibility index (Phi) is 4.13. The summed E-state index contributed by atoms with van der Waals surface area (Å²) >= 11 is 0. The number of likely N-dealkylation sites (N-methyl/N-ethyl adjacent to an activating group) is 1. The maximum absolute atomic E-state index is 12.6. The highest BCUT2D eigenvalue weighted by molar-refractivity contribution is 6.00. The number of carbonyl (C=O) groups is 1. The smallest absolute Gasteiger partial charge is 0.270 e. The van der Waals surface area contributed by atoms with Crippen LogP contribution in [0.1, 0.15) is 17.3 Å². The van der Waals surface area contributed by atoms with E-state index in [0.29, 0.717) is 19.0 Å². The number of nitro benzene ring substituents is 1. The van der Waals surface area contributed by atoms with Crippen LogP contribution in [0.3, 0.4) is 0 Å². The molecule has 2 N–H and O–H groups in total. The third kappa shape index (κ3) is 2.97. The van der Waals surface area contributed by atoms with E-state index in [0.717, 1.165) is 0 Å². The molecule has 114 valence electrons. The number of non-ortho nitro benzene ring substituents is 1. The van der Waals surface area contributed by atoms with Crippen LogP contribution in [0.2, 0.25) is 0 Å². The van der Waals surface area contributed by atoms with Crippen molar-refractivity contribution in [3.63, 3.8) is 0 Å². The fourth-order valence-corrected chi connectivity index (χ4v) is 2.80. The molecule has 1 fully saturated rings. The van der Waals surface area contributed by atoms with E-state index in [1.165, 1.54) is 18.2 Å². The highest BCUT2D eigenvalue weighted by Crippen LogP contribution is 2.26. The van der Waals surface area contributed by atoms with Crippen molar-refractivity contribution < 1.29 is 9.72 Å². The molecule has 1 amide bonds. The minimum absolute atomic E-state index is 0.121. The van der Waals surface area contributed by atoms with Gasteiger partial charge >= 0.3 is 0 Å². The summed E-state index contributed by atoms with van der Waals surface area (Å²) in [5.74, 6) is 0.108. The number of likely N-dealkylation sites (tertiary alicyclic amines) is 1. The lowest BCUT2D eigenvalue weighted by Gasteiger charge is -2.22. The van der Waals surface area contributed by atoms with Crippen LogP contribution >= 0.6 is 0 Å². The summed E-state index contributed by atoms with van der Waals surface area (Å²) in [6, 6.07) is 4.26. The molecule has 2 unspecified atom stereocenters. The number of benzene rings is 1. The molecule has 21 heavy (non-hydrogen) atoms. The first-order valence-corrected chi connectivity index (χ1v) is 6.81. The molecule has 0 aliphatic carbocycles. The van der Waals surface area contributed by atoms with Gasteiger partial charge in [0.2, 0.25) is 0 Å². The zero-order chi connectivity index (χ0) is 15.7. The molecule has 0 radical (unpaired) electrons. The van der Waals surface area contributed by atoms with E-state index < -0.39 is 4.92 Å². The van der Waals surface area contributed by atoms with E-state index in [9.17, 15) is 14.9 Å². The molecular formula is C14H20N4O3. The quantitative estimate of drug-likeness (QED) is 0.513. The molecular weight excluding hydrogens is 272 g/mol. The van der Waals surface area contributed by atoms with Gasteiger partial charge in [-0.25, -0.2) is 0 Å². The fraction of sp³-hybridized carbons (Fsp3) is 0.500. The fourth-order valence-electron chi connectivity index (χ4n) is 2.80. The maximum atomic E-state index is 12.6. The van der Waals surface area contributed by atoms with E-state index in [2.05, 4.69) is 11.8 Å². The zero-order valence-corrected chi connectivity index (χ0v) is 12.4. The normalized spacial score (nSPS) is 21.8. The van der Waals surface area contributed by atoms with Crippen LogP contribution in [0, 0.1) is 16.0 Å². The monoisotopic (exact) mass is 292 g/mol. The van der Waals surface area contributed by atoms with Gasteiger partial charge < -0.3 is 15.5 Å². The standard InChI is InChI=1S/C14H20N4O3/c1-9-7-17(8-13(9)16(2)3)14(19)11-6-10(18(20)21)4-5-12(11)15/h4-6,9,13H,7-8,15H2,1-3H3. The van der Waals surface area contributed by atoms with Crippen LogP contribution in [-0.4, -0.2) is 53.9 Å². The molecule has 1 aromatic carbocycles. The van der Waals surface area contributed by atoms with Crippen LogP contribution < -0.4 is 5.73 Å². The van der Waals surface area contributed by atoms with Gasteiger partial charge in [0.15, 0.2) is 0 Å². The van der Waals surface area contributed by atoms with Crippen LogP contribution in [0.15, 0.2) is 18.2 Å². The largest absolute Gasteiger partial charge is 0.398 e. The number of rotatable bonds is 3. The molecule has 1 saturated heterocycles. The molecule has 7 heteroatoms. The SMILES string of the molecule is CC1CN(C(=O)c2cc([N+](=O)[O-])ccc2N)CC1N(C)C. The van der Waals surface area contributed by atoms with Gasteiger partial charge in [0.1, 0.15) is 0 Å². The first-order chi connectivity index (χ1) is 9.81. The van der Waals surface area contributed by atoms with Crippen LogP contribution in [0.5, 0.6) is 0 Å². The van der Waals surface area contributed by atoms with Crippen molar-refractivity contribution in [2.24, 2.45) is 5.92 Å². The van der Waals surface area contributed by atoms with Crippen molar-refractivity contribution in [2.45, 2.75) is 13.0 Å². The molecule has 2 rings (SSSR count). The number of carbonyl (C=O) groups excluding carboxylic acids is 1. The predicted octanol–water partition coefficient (Wildman–Crippen LogP) is 1.20. The number of hydrogen-bond acceptors (Lipinski definition) is 5. The Morgan fingerprint density at radius 3 is 2.62 bits per heavy atom. The lowest BCUT2D eigenvalue weighted by atomic mass is 10.1. The van der Waals surface area contributed by atoms with Crippen molar-refractivity contribution in [3.05, 3.63) is 33.9 Å². The summed E-state index contributed by atoms with van der Waals surface area (Å²) < 4.78 is 0. The molecule has 1 aliphatic heterocycles. The van der Waals surface area contributed by atoms with E-state index in [4.69, 9.17) is 5.73 Å². The average molecular weight is 292 g/mol. The van der Waals surface area contributed by atoms with Gasteiger partial charge in [0.25, 0.3) is 11.6 Å². The average Bonchev–Trinajstić information content (AvgIpc) is 2.80. The van der Waals surface area contributed by atoms with Gasteiger partial charge in [-0.2, -0.15) is 0 Å². The van der Waals surface area contributed by atoms with Crippen molar-refractivity contribution in [2.75, 3.05) is 32.9 Å². The van der Waals surface area contributed by atoms with E-state index in [-0.39, 0.29) is 28.9 Å². The third-order valence-electron chi connectivity index (χ3n) is 4.00. The lowest BCUT2D eigenvalue weighted by molar-refractivity contribution is -0.384. The minimum Gasteiger partial charge on any atom is -0.398 e. The number of amides is 1. The summed E-state index contributed by atoms with van der Waals surface area (Å²) in [5.41, 5.74) is 6.16. The molecule has 7 nitrogen and oxygen atoms in total. The summed E-state index contributed by atoms with van der Waals surface area (Å²) in [5, 5.41) is 10.8. The van der Waals surface area contributed by atoms with Gasteiger partial charge in [-0.15, -0.1) is 0 Å². The number of anilines is 1. The number of nitrogen functional groups attached to an aromatic ring is 1. The van der Waals surface area contributed by atoms with Crippen molar-refractivity contribution in [3.8, 4) is 0 Å². The Bertz CT molecular complexity index is 573. The summed E-state index contributed by atoms with van der Waals surface area (Å²) in [7, 11) is 3.97. The zero-order valence-electron chi connectivity index (χ0n) is 12.4.